The van der Waals surface area contributed by atoms with Crippen LogP contribution in [0.15, 0.2) is 24.3 Å². The second-order valence-corrected chi connectivity index (χ2v) is 7.01. The topological polar surface area (TPSA) is 42.0 Å². The molecule has 2 saturated heterocycles. The number of carbonyl (C=O) groups is 1. The van der Waals surface area contributed by atoms with E-state index in [1.165, 1.54) is 5.56 Å². The van der Waals surface area contributed by atoms with Gasteiger partial charge in [-0.3, -0.25) is 4.79 Å². The van der Waals surface area contributed by atoms with Gasteiger partial charge in [0.2, 0.25) is 5.91 Å². The van der Waals surface area contributed by atoms with E-state index < -0.39 is 0 Å². The molecule has 3 aliphatic heterocycles. The van der Waals surface area contributed by atoms with E-state index in [1.807, 2.05) is 11.0 Å². The zero-order chi connectivity index (χ0) is 16.4. The number of amides is 1. The molecule has 0 radical (unpaired) electrons. The molecule has 5 nitrogen and oxygen atoms in total. The standard InChI is InChI=1S/C19H26N2O3/c22-19(21-10-7-15-3-1-2-4-18(15)21)16-5-8-20(9-6-16)13-17-14-23-11-12-24-17/h1-4,16-17H,5-14H2. The first kappa shape index (κ1) is 16.1. The molecule has 0 aromatic heterocycles. The van der Waals surface area contributed by atoms with E-state index >= 15 is 0 Å². The molecule has 0 bridgehead atoms. The molecule has 5 heteroatoms. The summed E-state index contributed by atoms with van der Waals surface area (Å²) in [7, 11) is 0. The normalized spacial score (nSPS) is 25.7. The summed E-state index contributed by atoms with van der Waals surface area (Å²) in [6.07, 6.45) is 3.08. The molecule has 4 rings (SSSR count). The lowest BCUT2D eigenvalue weighted by atomic mass is 9.95. The van der Waals surface area contributed by atoms with Crippen LogP contribution in [-0.2, 0) is 20.7 Å². The maximum atomic E-state index is 12.9. The summed E-state index contributed by atoms with van der Waals surface area (Å²) >= 11 is 0. The summed E-state index contributed by atoms with van der Waals surface area (Å²) in [5, 5.41) is 0. The van der Waals surface area contributed by atoms with Crippen molar-refractivity contribution in [2.75, 3.05) is 50.9 Å². The number of hydrogen-bond acceptors (Lipinski definition) is 4. The van der Waals surface area contributed by atoms with Gasteiger partial charge >= 0.3 is 0 Å². The first-order valence-electron chi connectivity index (χ1n) is 9.12. The molecule has 1 aromatic rings. The molecule has 0 saturated carbocycles. The van der Waals surface area contributed by atoms with Crippen molar-refractivity contribution >= 4 is 11.6 Å². The number of hydrogen-bond donors (Lipinski definition) is 0. The average Bonchev–Trinajstić information content (AvgIpc) is 3.07. The molecule has 130 valence electrons. The zero-order valence-electron chi connectivity index (χ0n) is 14.2. The predicted octanol–water partition coefficient (Wildman–Crippen LogP) is 1.70. The molecule has 0 aliphatic carbocycles. The molecule has 3 heterocycles. The number of rotatable bonds is 3. The number of nitrogens with zero attached hydrogens (tertiary/aromatic N) is 2. The van der Waals surface area contributed by atoms with Crippen LogP contribution in [-0.4, -0.2) is 62.9 Å². The van der Waals surface area contributed by atoms with Crippen molar-refractivity contribution in [3.8, 4) is 0 Å². The Bertz CT molecular complexity index is 578. The molecule has 0 N–H and O–H groups in total. The van der Waals surface area contributed by atoms with Crippen molar-refractivity contribution in [2.24, 2.45) is 5.92 Å². The van der Waals surface area contributed by atoms with E-state index in [1.54, 1.807) is 0 Å². The van der Waals surface area contributed by atoms with E-state index in [4.69, 9.17) is 9.47 Å². The Hall–Kier alpha value is -1.43. The number of anilines is 1. The van der Waals surface area contributed by atoms with Gasteiger partial charge in [-0.25, -0.2) is 0 Å². The number of piperidine rings is 1. The van der Waals surface area contributed by atoms with Crippen molar-refractivity contribution in [2.45, 2.75) is 25.4 Å². The highest BCUT2D eigenvalue weighted by molar-refractivity contribution is 5.97. The van der Waals surface area contributed by atoms with Crippen molar-refractivity contribution in [1.29, 1.82) is 0 Å². The van der Waals surface area contributed by atoms with Gasteiger partial charge in [-0.15, -0.1) is 0 Å². The van der Waals surface area contributed by atoms with Crippen molar-refractivity contribution in [3.05, 3.63) is 29.8 Å². The monoisotopic (exact) mass is 330 g/mol. The van der Waals surface area contributed by atoms with Crippen LogP contribution in [0.3, 0.4) is 0 Å². The fourth-order valence-electron chi connectivity index (χ4n) is 4.08. The van der Waals surface area contributed by atoms with Gasteiger partial charge in [0, 0.05) is 24.7 Å². The summed E-state index contributed by atoms with van der Waals surface area (Å²) in [5.74, 6) is 0.479. The summed E-state index contributed by atoms with van der Waals surface area (Å²) < 4.78 is 11.2. The van der Waals surface area contributed by atoms with Crippen molar-refractivity contribution in [1.82, 2.24) is 4.90 Å². The van der Waals surface area contributed by atoms with Crippen molar-refractivity contribution in [3.63, 3.8) is 0 Å². The minimum Gasteiger partial charge on any atom is -0.376 e. The summed E-state index contributed by atoms with van der Waals surface area (Å²) in [6, 6.07) is 8.30. The van der Waals surface area contributed by atoms with E-state index in [9.17, 15) is 4.79 Å². The number of benzene rings is 1. The third kappa shape index (κ3) is 3.34. The minimum absolute atomic E-state index is 0.163. The van der Waals surface area contributed by atoms with Crippen LogP contribution in [0.5, 0.6) is 0 Å². The molecular weight excluding hydrogens is 304 g/mol. The highest BCUT2D eigenvalue weighted by atomic mass is 16.6. The van der Waals surface area contributed by atoms with Gasteiger partial charge < -0.3 is 19.3 Å². The second-order valence-electron chi connectivity index (χ2n) is 7.01. The Balaban J connectivity index is 1.30. The van der Waals surface area contributed by atoms with Gasteiger partial charge in [0.25, 0.3) is 0 Å². The highest BCUT2D eigenvalue weighted by Crippen LogP contribution is 2.31. The molecule has 24 heavy (non-hydrogen) atoms. The molecule has 1 unspecified atom stereocenters. The van der Waals surface area contributed by atoms with Crippen molar-refractivity contribution < 1.29 is 14.3 Å². The lowest BCUT2D eigenvalue weighted by Gasteiger charge is -2.35. The first-order chi connectivity index (χ1) is 11.8. The zero-order valence-corrected chi connectivity index (χ0v) is 14.2. The van der Waals surface area contributed by atoms with E-state index in [0.717, 1.165) is 51.1 Å². The second kappa shape index (κ2) is 7.21. The highest BCUT2D eigenvalue weighted by Gasteiger charge is 2.32. The summed E-state index contributed by atoms with van der Waals surface area (Å²) in [6.45, 7) is 5.83. The fraction of sp³-hybridized carbons (Fsp3) is 0.632. The lowest BCUT2D eigenvalue weighted by Crippen LogP contribution is -2.46. The van der Waals surface area contributed by atoms with Gasteiger partial charge in [-0.05, 0) is 44.0 Å². The van der Waals surface area contributed by atoms with Gasteiger partial charge in [0.05, 0.1) is 25.9 Å². The molecule has 3 aliphatic rings. The van der Waals surface area contributed by atoms with E-state index in [2.05, 4.69) is 23.1 Å². The number of ether oxygens (including phenoxy) is 2. The van der Waals surface area contributed by atoms with Crippen LogP contribution in [0.2, 0.25) is 0 Å². The van der Waals surface area contributed by atoms with Gasteiger partial charge in [-0.2, -0.15) is 0 Å². The molecule has 1 atom stereocenters. The average molecular weight is 330 g/mol. The Morgan fingerprint density at radius 2 is 1.96 bits per heavy atom. The van der Waals surface area contributed by atoms with Crippen LogP contribution < -0.4 is 4.90 Å². The lowest BCUT2D eigenvalue weighted by molar-refractivity contribution is -0.124. The van der Waals surface area contributed by atoms with E-state index in [-0.39, 0.29) is 12.0 Å². The predicted molar refractivity (Wildman–Crippen MR) is 92.2 cm³/mol. The Morgan fingerprint density at radius 1 is 1.12 bits per heavy atom. The van der Waals surface area contributed by atoms with Crippen LogP contribution in [0.1, 0.15) is 18.4 Å². The maximum Gasteiger partial charge on any atom is 0.230 e. The van der Waals surface area contributed by atoms with E-state index in [0.29, 0.717) is 25.7 Å². The number of carbonyl (C=O) groups excluding carboxylic acids is 1. The number of para-hydroxylation sites is 1. The van der Waals surface area contributed by atoms with Crippen LogP contribution in [0.4, 0.5) is 5.69 Å². The molecule has 2 fully saturated rings. The SMILES string of the molecule is O=C(C1CCN(CC2COCCO2)CC1)N1CCc2ccccc21. The van der Waals surface area contributed by atoms with Crippen LogP contribution in [0.25, 0.3) is 0 Å². The summed E-state index contributed by atoms with van der Waals surface area (Å²) in [4.78, 5) is 17.3. The maximum absolute atomic E-state index is 12.9. The Morgan fingerprint density at radius 3 is 2.75 bits per heavy atom. The minimum atomic E-state index is 0.163. The Kier molecular flexibility index (Phi) is 4.83. The van der Waals surface area contributed by atoms with Gasteiger partial charge in [0.1, 0.15) is 0 Å². The fourth-order valence-corrected chi connectivity index (χ4v) is 4.08. The molecule has 0 spiro atoms. The van der Waals surface area contributed by atoms with Crippen LogP contribution in [0, 0.1) is 5.92 Å². The van der Waals surface area contributed by atoms with Gasteiger partial charge in [0.15, 0.2) is 0 Å². The quantitative estimate of drug-likeness (QED) is 0.846. The molecule has 1 aromatic carbocycles. The molecule has 1 amide bonds. The smallest absolute Gasteiger partial charge is 0.230 e. The first-order valence-corrected chi connectivity index (χ1v) is 9.12. The Labute approximate surface area is 143 Å². The van der Waals surface area contributed by atoms with Gasteiger partial charge in [-0.1, -0.05) is 18.2 Å². The number of fused-ring (bicyclic) bond motifs is 1. The summed E-state index contributed by atoms with van der Waals surface area (Å²) in [5.41, 5.74) is 2.43. The third-order valence-electron chi connectivity index (χ3n) is 5.44. The third-order valence-corrected chi connectivity index (χ3v) is 5.44. The van der Waals surface area contributed by atoms with Crippen LogP contribution >= 0.6 is 0 Å². The number of likely N-dealkylation sites (tertiary alicyclic amines) is 1. The largest absolute Gasteiger partial charge is 0.376 e. The molecular formula is C19H26N2O3.